The van der Waals surface area contributed by atoms with Gasteiger partial charge in [0.1, 0.15) is 0 Å². The Morgan fingerprint density at radius 3 is 3.00 bits per heavy atom. The average molecular weight is 200 g/mol. The van der Waals surface area contributed by atoms with Gasteiger partial charge in [0.2, 0.25) is 5.96 Å². The molecule has 0 aromatic carbocycles. The molecule has 0 aromatic rings. The summed E-state index contributed by atoms with van der Waals surface area (Å²) >= 11 is 0. The van der Waals surface area contributed by atoms with E-state index in [9.17, 15) is 0 Å². The monoisotopic (exact) mass is 200 g/mol. The molecule has 1 rings (SSSR count). The molecule has 0 bridgehead atoms. The third-order valence-corrected chi connectivity index (χ3v) is 2.49. The van der Waals surface area contributed by atoms with E-state index < -0.39 is 0 Å². The lowest BCUT2D eigenvalue weighted by molar-refractivity contribution is 0.180. The minimum absolute atomic E-state index is 0.346. The van der Waals surface area contributed by atoms with E-state index >= 15 is 0 Å². The molecule has 1 heterocycles. The fourth-order valence-corrected chi connectivity index (χ4v) is 1.57. The molecule has 0 radical (unpaired) electrons. The molecule has 5 nitrogen and oxygen atoms in total. The van der Waals surface area contributed by atoms with Crippen molar-refractivity contribution < 1.29 is 4.74 Å². The van der Waals surface area contributed by atoms with Gasteiger partial charge in [-0.2, -0.15) is 0 Å². The fraction of sp³-hybridized carbons (Fsp3) is 0.889. The molecule has 1 aliphatic heterocycles. The van der Waals surface area contributed by atoms with Gasteiger partial charge in [0.15, 0.2) is 0 Å². The van der Waals surface area contributed by atoms with Gasteiger partial charge in [0.25, 0.3) is 0 Å². The highest BCUT2D eigenvalue weighted by Gasteiger charge is 2.22. The molecule has 82 valence electrons. The predicted molar refractivity (Wildman–Crippen MR) is 56.8 cm³/mol. The topological polar surface area (TPSA) is 71.7 Å². The van der Waals surface area contributed by atoms with Gasteiger partial charge in [0.05, 0.1) is 6.61 Å². The predicted octanol–water partition coefficient (Wildman–Crippen LogP) is -0.160. The normalized spacial score (nSPS) is 24.8. The van der Waals surface area contributed by atoms with Crippen LogP contribution in [-0.4, -0.2) is 31.8 Å². The lowest BCUT2D eigenvalue weighted by atomic mass is 10.0. The number of ether oxygens (including phenoxy) is 1. The molecular formula is C9H20N4O. The summed E-state index contributed by atoms with van der Waals surface area (Å²) in [4.78, 5) is 4.18. The van der Waals surface area contributed by atoms with Gasteiger partial charge in [-0.05, 0) is 20.3 Å². The average Bonchev–Trinajstić information content (AvgIpc) is 2.69. The van der Waals surface area contributed by atoms with E-state index in [0.29, 0.717) is 17.9 Å². The minimum Gasteiger partial charge on any atom is -0.381 e. The van der Waals surface area contributed by atoms with Crippen LogP contribution in [-0.2, 0) is 4.74 Å². The molecule has 1 saturated heterocycles. The standard InChI is InChI=1S/C9H20N4O/c1-3-11-9(13-10)12-7(2)8-4-5-14-6-8/h7-8H,3-6,10H2,1-2H3,(H2,11,12,13). The van der Waals surface area contributed by atoms with Crippen molar-refractivity contribution in [3.63, 3.8) is 0 Å². The minimum atomic E-state index is 0.346. The molecule has 2 unspecified atom stereocenters. The van der Waals surface area contributed by atoms with Gasteiger partial charge in [-0.15, -0.1) is 0 Å². The molecule has 0 aliphatic carbocycles. The molecule has 4 N–H and O–H groups in total. The maximum Gasteiger partial charge on any atom is 0.205 e. The van der Waals surface area contributed by atoms with Crippen LogP contribution >= 0.6 is 0 Å². The zero-order valence-electron chi connectivity index (χ0n) is 8.92. The summed E-state index contributed by atoms with van der Waals surface area (Å²) in [6, 6.07) is 0.346. The first-order valence-electron chi connectivity index (χ1n) is 5.13. The van der Waals surface area contributed by atoms with Crippen molar-refractivity contribution >= 4 is 5.96 Å². The number of nitrogens with zero attached hydrogens (tertiary/aromatic N) is 1. The largest absolute Gasteiger partial charge is 0.381 e. The Morgan fingerprint density at radius 1 is 1.71 bits per heavy atom. The van der Waals surface area contributed by atoms with Gasteiger partial charge in [0, 0.05) is 25.1 Å². The second-order valence-corrected chi connectivity index (χ2v) is 3.52. The highest BCUT2D eigenvalue weighted by atomic mass is 16.5. The SMILES string of the molecule is CCN=C(NN)NC(C)C1CCOC1. The molecule has 5 heteroatoms. The van der Waals surface area contributed by atoms with E-state index in [1.807, 2.05) is 6.92 Å². The Kier molecular flexibility index (Phi) is 4.69. The molecule has 1 fully saturated rings. The summed E-state index contributed by atoms with van der Waals surface area (Å²) in [6.45, 7) is 6.52. The van der Waals surface area contributed by atoms with Gasteiger partial charge in [-0.25, -0.2) is 5.84 Å². The smallest absolute Gasteiger partial charge is 0.205 e. The maximum atomic E-state index is 5.33. The Bertz CT molecular complexity index is 189. The number of guanidine groups is 1. The number of hydrogen-bond acceptors (Lipinski definition) is 3. The highest BCUT2D eigenvalue weighted by molar-refractivity contribution is 5.79. The van der Waals surface area contributed by atoms with Crippen LogP contribution in [0.1, 0.15) is 20.3 Å². The zero-order chi connectivity index (χ0) is 10.4. The first kappa shape index (κ1) is 11.3. The maximum absolute atomic E-state index is 5.33. The van der Waals surface area contributed by atoms with Crippen LogP contribution in [0.3, 0.4) is 0 Å². The van der Waals surface area contributed by atoms with Crippen molar-refractivity contribution in [3.8, 4) is 0 Å². The number of nitrogens with one attached hydrogen (secondary N) is 2. The van der Waals surface area contributed by atoms with Crippen molar-refractivity contribution in [2.45, 2.75) is 26.3 Å². The first-order valence-corrected chi connectivity index (χ1v) is 5.13. The van der Waals surface area contributed by atoms with Crippen molar-refractivity contribution in [1.82, 2.24) is 10.7 Å². The van der Waals surface area contributed by atoms with Crippen LogP contribution in [0.5, 0.6) is 0 Å². The molecular weight excluding hydrogens is 180 g/mol. The third kappa shape index (κ3) is 3.16. The van der Waals surface area contributed by atoms with Gasteiger partial charge in [-0.3, -0.25) is 10.4 Å². The van der Waals surface area contributed by atoms with Crippen molar-refractivity contribution in [1.29, 1.82) is 0 Å². The number of hydrogen-bond donors (Lipinski definition) is 3. The molecule has 2 atom stereocenters. The van der Waals surface area contributed by atoms with Crippen molar-refractivity contribution in [3.05, 3.63) is 0 Å². The van der Waals surface area contributed by atoms with Crippen LogP contribution in [0, 0.1) is 5.92 Å². The van der Waals surface area contributed by atoms with Crippen LogP contribution in [0.15, 0.2) is 4.99 Å². The molecule has 0 amide bonds. The van der Waals surface area contributed by atoms with E-state index in [-0.39, 0.29) is 0 Å². The summed E-state index contributed by atoms with van der Waals surface area (Å²) in [5, 5.41) is 3.24. The highest BCUT2D eigenvalue weighted by Crippen LogP contribution is 2.15. The Morgan fingerprint density at radius 2 is 2.50 bits per heavy atom. The van der Waals surface area contributed by atoms with Gasteiger partial charge in [-0.1, -0.05) is 0 Å². The summed E-state index contributed by atoms with van der Waals surface area (Å²) in [6.07, 6.45) is 1.11. The fourth-order valence-electron chi connectivity index (χ4n) is 1.57. The Labute approximate surface area is 85.1 Å². The summed E-state index contributed by atoms with van der Waals surface area (Å²) in [5.41, 5.74) is 2.56. The summed E-state index contributed by atoms with van der Waals surface area (Å²) in [5.74, 6) is 6.55. The van der Waals surface area contributed by atoms with E-state index in [0.717, 1.165) is 26.2 Å². The second kappa shape index (κ2) is 5.82. The van der Waals surface area contributed by atoms with Crippen molar-refractivity contribution in [2.24, 2.45) is 16.8 Å². The Hall–Kier alpha value is -0.810. The number of aliphatic imine (C=N–C) groups is 1. The van der Waals surface area contributed by atoms with Gasteiger partial charge >= 0.3 is 0 Å². The molecule has 14 heavy (non-hydrogen) atoms. The van der Waals surface area contributed by atoms with Crippen LogP contribution in [0.4, 0.5) is 0 Å². The number of hydrazine groups is 1. The van der Waals surface area contributed by atoms with Crippen LogP contribution in [0.2, 0.25) is 0 Å². The first-order chi connectivity index (χ1) is 6.77. The summed E-state index contributed by atoms with van der Waals surface area (Å²) < 4.78 is 5.32. The second-order valence-electron chi connectivity index (χ2n) is 3.52. The Balaban J connectivity index is 2.37. The van der Waals surface area contributed by atoms with E-state index in [4.69, 9.17) is 10.6 Å². The van der Waals surface area contributed by atoms with E-state index in [1.54, 1.807) is 0 Å². The summed E-state index contributed by atoms with van der Waals surface area (Å²) in [7, 11) is 0. The van der Waals surface area contributed by atoms with E-state index in [1.165, 1.54) is 0 Å². The molecule has 0 spiro atoms. The molecule has 1 aliphatic rings. The lowest BCUT2D eigenvalue weighted by Gasteiger charge is -2.20. The van der Waals surface area contributed by atoms with E-state index in [2.05, 4.69) is 22.7 Å². The van der Waals surface area contributed by atoms with Crippen LogP contribution in [0.25, 0.3) is 0 Å². The molecule has 0 saturated carbocycles. The molecule has 0 aromatic heterocycles. The number of rotatable bonds is 3. The zero-order valence-corrected chi connectivity index (χ0v) is 8.92. The van der Waals surface area contributed by atoms with Gasteiger partial charge < -0.3 is 10.1 Å². The van der Waals surface area contributed by atoms with Crippen LogP contribution < -0.4 is 16.6 Å². The quantitative estimate of drug-likeness (QED) is 0.256. The lowest BCUT2D eigenvalue weighted by Crippen LogP contribution is -2.48. The third-order valence-electron chi connectivity index (χ3n) is 2.49. The number of nitrogens with two attached hydrogens (primary N) is 1. The van der Waals surface area contributed by atoms with Crippen molar-refractivity contribution in [2.75, 3.05) is 19.8 Å².